The summed E-state index contributed by atoms with van der Waals surface area (Å²) < 4.78 is 13.0. The smallest absolute Gasteiger partial charge is 0.273 e. The Balaban J connectivity index is 1.42. The van der Waals surface area contributed by atoms with Gasteiger partial charge in [0.25, 0.3) is 5.91 Å². The maximum atomic E-state index is 13.0. The molecule has 132 valence electrons. The standard InChI is InChI=1S/C19H17FN4OS/c20-15-3-1-14(2-4-15)18-22-17(13-26-18)19(25)24-11-9-23(10-12-24)16-5-7-21-8-6-16/h1-8,13H,9-12H2. The number of piperazine rings is 1. The zero-order valence-corrected chi connectivity index (χ0v) is 14.8. The first-order valence-electron chi connectivity index (χ1n) is 8.36. The van der Waals surface area contributed by atoms with Crippen LogP contribution in [0.5, 0.6) is 0 Å². The van der Waals surface area contributed by atoms with Crippen LogP contribution in [-0.4, -0.2) is 47.0 Å². The van der Waals surface area contributed by atoms with E-state index < -0.39 is 0 Å². The van der Waals surface area contributed by atoms with E-state index in [1.54, 1.807) is 29.9 Å². The van der Waals surface area contributed by atoms with Crippen LogP contribution in [-0.2, 0) is 0 Å². The van der Waals surface area contributed by atoms with Gasteiger partial charge < -0.3 is 9.80 Å². The number of thiazole rings is 1. The van der Waals surface area contributed by atoms with Gasteiger partial charge in [0.15, 0.2) is 0 Å². The molecule has 3 aromatic rings. The molecular weight excluding hydrogens is 351 g/mol. The van der Waals surface area contributed by atoms with E-state index in [0.717, 1.165) is 29.3 Å². The number of halogens is 1. The highest BCUT2D eigenvalue weighted by atomic mass is 32.1. The Morgan fingerprint density at radius 3 is 2.38 bits per heavy atom. The highest BCUT2D eigenvalue weighted by Gasteiger charge is 2.24. The minimum Gasteiger partial charge on any atom is -0.368 e. The molecule has 7 heteroatoms. The molecule has 0 N–H and O–H groups in total. The highest BCUT2D eigenvalue weighted by Crippen LogP contribution is 2.25. The lowest BCUT2D eigenvalue weighted by Gasteiger charge is -2.35. The molecular formula is C19H17FN4OS. The highest BCUT2D eigenvalue weighted by molar-refractivity contribution is 7.13. The van der Waals surface area contributed by atoms with E-state index in [4.69, 9.17) is 0 Å². The molecule has 0 aliphatic carbocycles. The molecule has 3 heterocycles. The molecule has 1 amide bonds. The molecule has 1 aliphatic heterocycles. The number of anilines is 1. The molecule has 1 aliphatic rings. The molecule has 0 unspecified atom stereocenters. The topological polar surface area (TPSA) is 49.3 Å². The van der Waals surface area contributed by atoms with Gasteiger partial charge in [-0.05, 0) is 36.4 Å². The molecule has 1 fully saturated rings. The minimum atomic E-state index is -0.284. The summed E-state index contributed by atoms with van der Waals surface area (Å²) in [7, 11) is 0. The van der Waals surface area contributed by atoms with Crippen LogP contribution in [0, 0.1) is 5.82 Å². The number of rotatable bonds is 3. The van der Waals surface area contributed by atoms with Crippen molar-refractivity contribution in [2.75, 3.05) is 31.1 Å². The summed E-state index contributed by atoms with van der Waals surface area (Å²) in [5.41, 5.74) is 2.39. The summed E-state index contributed by atoms with van der Waals surface area (Å²) in [6.45, 7) is 2.88. The number of nitrogens with zero attached hydrogens (tertiary/aromatic N) is 4. The van der Waals surface area contributed by atoms with Crippen LogP contribution in [0.1, 0.15) is 10.5 Å². The van der Waals surface area contributed by atoms with E-state index in [9.17, 15) is 9.18 Å². The second-order valence-electron chi connectivity index (χ2n) is 6.03. The van der Waals surface area contributed by atoms with Crippen molar-refractivity contribution in [3.05, 3.63) is 65.7 Å². The van der Waals surface area contributed by atoms with Gasteiger partial charge >= 0.3 is 0 Å². The van der Waals surface area contributed by atoms with Crippen LogP contribution < -0.4 is 4.90 Å². The van der Waals surface area contributed by atoms with Crippen molar-refractivity contribution in [3.63, 3.8) is 0 Å². The normalized spacial score (nSPS) is 14.5. The summed E-state index contributed by atoms with van der Waals surface area (Å²) in [5.74, 6) is -0.335. The van der Waals surface area contributed by atoms with Gasteiger partial charge in [0.1, 0.15) is 16.5 Å². The number of carbonyl (C=O) groups excluding carboxylic acids is 1. The first kappa shape index (κ1) is 16.7. The van der Waals surface area contributed by atoms with Gasteiger partial charge in [-0.1, -0.05) is 0 Å². The van der Waals surface area contributed by atoms with E-state index in [0.29, 0.717) is 18.8 Å². The third-order valence-corrected chi connectivity index (χ3v) is 5.30. The number of carbonyl (C=O) groups is 1. The summed E-state index contributed by atoms with van der Waals surface area (Å²) in [5, 5.41) is 2.50. The summed E-state index contributed by atoms with van der Waals surface area (Å²) in [6.07, 6.45) is 3.55. The van der Waals surface area contributed by atoms with Crippen molar-refractivity contribution >= 4 is 22.9 Å². The van der Waals surface area contributed by atoms with Crippen molar-refractivity contribution in [1.29, 1.82) is 0 Å². The summed E-state index contributed by atoms with van der Waals surface area (Å²) in [4.78, 5) is 25.3. The largest absolute Gasteiger partial charge is 0.368 e. The van der Waals surface area contributed by atoms with Gasteiger partial charge in [0.2, 0.25) is 0 Å². The van der Waals surface area contributed by atoms with Crippen molar-refractivity contribution in [2.24, 2.45) is 0 Å². The van der Waals surface area contributed by atoms with Gasteiger partial charge in [0, 0.05) is 55.2 Å². The fraction of sp³-hybridized carbons (Fsp3) is 0.211. The second-order valence-corrected chi connectivity index (χ2v) is 6.89. The lowest BCUT2D eigenvalue weighted by Crippen LogP contribution is -2.48. The van der Waals surface area contributed by atoms with E-state index in [1.807, 2.05) is 17.0 Å². The Labute approximate surface area is 154 Å². The SMILES string of the molecule is O=C(c1csc(-c2ccc(F)cc2)n1)N1CCN(c2ccncc2)CC1. The molecule has 26 heavy (non-hydrogen) atoms. The van der Waals surface area contributed by atoms with Crippen LogP contribution in [0.15, 0.2) is 54.2 Å². The molecule has 2 aromatic heterocycles. The Morgan fingerprint density at radius 1 is 1.00 bits per heavy atom. The van der Waals surface area contributed by atoms with Crippen molar-refractivity contribution in [3.8, 4) is 10.6 Å². The predicted molar refractivity (Wildman–Crippen MR) is 99.9 cm³/mol. The molecule has 1 aromatic carbocycles. The third-order valence-electron chi connectivity index (χ3n) is 4.41. The average Bonchev–Trinajstić information content (AvgIpc) is 3.19. The Kier molecular flexibility index (Phi) is 4.62. The number of benzene rings is 1. The maximum absolute atomic E-state index is 13.0. The van der Waals surface area contributed by atoms with Gasteiger partial charge in [-0.3, -0.25) is 9.78 Å². The average molecular weight is 368 g/mol. The number of amides is 1. The number of hydrogen-bond donors (Lipinski definition) is 0. The Morgan fingerprint density at radius 2 is 1.69 bits per heavy atom. The molecule has 1 saturated heterocycles. The second kappa shape index (κ2) is 7.21. The lowest BCUT2D eigenvalue weighted by molar-refractivity contribution is 0.0742. The van der Waals surface area contributed by atoms with E-state index >= 15 is 0 Å². The minimum absolute atomic E-state index is 0.0519. The molecule has 0 spiro atoms. The summed E-state index contributed by atoms with van der Waals surface area (Å²) in [6, 6.07) is 10.1. The zero-order chi connectivity index (χ0) is 17.9. The van der Waals surface area contributed by atoms with Crippen LogP contribution in [0.3, 0.4) is 0 Å². The van der Waals surface area contributed by atoms with Gasteiger partial charge in [-0.2, -0.15) is 0 Å². The first-order valence-corrected chi connectivity index (χ1v) is 9.24. The monoisotopic (exact) mass is 368 g/mol. The number of hydrogen-bond acceptors (Lipinski definition) is 5. The zero-order valence-electron chi connectivity index (χ0n) is 14.0. The predicted octanol–water partition coefficient (Wildman–Crippen LogP) is 3.31. The van der Waals surface area contributed by atoms with E-state index in [-0.39, 0.29) is 11.7 Å². The van der Waals surface area contributed by atoms with E-state index in [1.165, 1.54) is 23.5 Å². The number of pyridine rings is 1. The summed E-state index contributed by atoms with van der Waals surface area (Å²) >= 11 is 1.40. The molecule has 0 radical (unpaired) electrons. The molecule has 0 saturated carbocycles. The fourth-order valence-corrected chi connectivity index (χ4v) is 3.78. The molecule has 0 bridgehead atoms. The molecule has 4 rings (SSSR count). The number of aromatic nitrogens is 2. The van der Waals surface area contributed by atoms with Gasteiger partial charge in [-0.15, -0.1) is 11.3 Å². The molecule has 5 nitrogen and oxygen atoms in total. The Hall–Kier alpha value is -2.80. The van der Waals surface area contributed by atoms with Gasteiger partial charge in [-0.25, -0.2) is 9.37 Å². The Bertz CT molecular complexity index is 889. The van der Waals surface area contributed by atoms with Crippen molar-refractivity contribution in [1.82, 2.24) is 14.9 Å². The quantitative estimate of drug-likeness (QED) is 0.712. The fourth-order valence-electron chi connectivity index (χ4n) is 2.98. The lowest BCUT2D eigenvalue weighted by atomic mass is 10.2. The maximum Gasteiger partial charge on any atom is 0.273 e. The third kappa shape index (κ3) is 3.43. The van der Waals surface area contributed by atoms with Crippen LogP contribution >= 0.6 is 11.3 Å². The van der Waals surface area contributed by atoms with Crippen LogP contribution in [0.25, 0.3) is 10.6 Å². The molecule has 0 atom stereocenters. The van der Waals surface area contributed by atoms with Crippen molar-refractivity contribution in [2.45, 2.75) is 0 Å². The van der Waals surface area contributed by atoms with Gasteiger partial charge in [0.05, 0.1) is 0 Å². The van der Waals surface area contributed by atoms with Crippen LogP contribution in [0.2, 0.25) is 0 Å². The van der Waals surface area contributed by atoms with Crippen LogP contribution in [0.4, 0.5) is 10.1 Å². The van der Waals surface area contributed by atoms with E-state index in [2.05, 4.69) is 14.9 Å². The van der Waals surface area contributed by atoms with Crippen molar-refractivity contribution < 1.29 is 9.18 Å². The first-order chi connectivity index (χ1) is 12.7.